The summed E-state index contributed by atoms with van der Waals surface area (Å²) in [5, 5.41) is 0.513. The number of aromatic nitrogens is 2. The van der Waals surface area contributed by atoms with Gasteiger partial charge in [0.05, 0.1) is 6.54 Å². The van der Waals surface area contributed by atoms with Crippen LogP contribution in [0.25, 0.3) is 0 Å². The van der Waals surface area contributed by atoms with Crippen molar-refractivity contribution in [3.63, 3.8) is 0 Å². The van der Waals surface area contributed by atoms with Crippen LogP contribution >= 0.6 is 11.6 Å². The van der Waals surface area contributed by atoms with Crippen molar-refractivity contribution >= 4 is 17.3 Å². The zero-order chi connectivity index (χ0) is 14.0. The summed E-state index contributed by atoms with van der Waals surface area (Å²) in [5.41, 5.74) is 5.51. The third kappa shape index (κ3) is 2.56. The summed E-state index contributed by atoms with van der Waals surface area (Å²) in [7, 11) is 0. The van der Waals surface area contributed by atoms with Crippen LogP contribution < -0.4 is 17.0 Å². The van der Waals surface area contributed by atoms with Gasteiger partial charge in [0, 0.05) is 17.8 Å². The van der Waals surface area contributed by atoms with Crippen LogP contribution in [0.1, 0.15) is 12.5 Å². The average Bonchev–Trinajstić information content (AvgIpc) is 2.41. The first-order valence-corrected chi connectivity index (χ1v) is 6.25. The maximum absolute atomic E-state index is 12.1. The first-order chi connectivity index (χ1) is 9.04. The number of hydrogen-bond acceptors (Lipinski definition) is 3. The van der Waals surface area contributed by atoms with E-state index >= 15 is 0 Å². The lowest BCUT2D eigenvalue weighted by atomic mass is 10.2. The van der Waals surface area contributed by atoms with Gasteiger partial charge >= 0.3 is 5.69 Å². The Kier molecular flexibility index (Phi) is 3.76. The van der Waals surface area contributed by atoms with Crippen LogP contribution in [0.15, 0.2) is 40.1 Å². The highest BCUT2D eigenvalue weighted by molar-refractivity contribution is 6.31. The molecular weight excluding hydrogens is 266 g/mol. The van der Waals surface area contributed by atoms with Crippen molar-refractivity contribution in [2.75, 3.05) is 5.73 Å². The molecular formula is C13H14ClN3O2. The number of anilines is 1. The molecule has 100 valence electrons. The molecule has 0 radical (unpaired) electrons. The largest absolute Gasteiger partial charge is 0.393 e. The van der Waals surface area contributed by atoms with Gasteiger partial charge in [0.15, 0.2) is 0 Å². The maximum Gasteiger partial charge on any atom is 0.331 e. The van der Waals surface area contributed by atoms with E-state index in [1.165, 1.54) is 10.8 Å². The SMILES string of the molecule is CCn1cc(N)c(=O)n(Cc2ccccc2Cl)c1=O. The number of nitrogen functional groups attached to an aromatic ring is 1. The minimum Gasteiger partial charge on any atom is -0.393 e. The highest BCUT2D eigenvalue weighted by Crippen LogP contribution is 2.15. The van der Waals surface area contributed by atoms with Crippen molar-refractivity contribution < 1.29 is 0 Å². The van der Waals surface area contributed by atoms with E-state index in [1.807, 2.05) is 6.92 Å². The van der Waals surface area contributed by atoms with Crippen LogP contribution in [0.3, 0.4) is 0 Å². The van der Waals surface area contributed by atoms with Crippen LogP contribution in [0.4, 0.5) is 5.69 Å². The Morgan fingerprint density at radius 2 is 1.95 bits per heavy atom. The van der Waals surface area contributed by atoms with Gasteiger partial charge in [0.2, 0.25) is 0 Å². The molecule has 5 nitrogen and oxygen atoms in total. The highest BCUT2D eigenvalue weighted by Gasteiger charge is 2.10. The second-order valence-corrected chi connectivity index (χ2v) is 4.54. The summed E-state index contributed by atoms with van der Waals surface area (Å²) in [6, 6.07) is 7.08. The molecule has 0 saturated heterocycles. The Labute approximate surface area is 114 Å². The number of rotatable bonds is 3. The van der Waals surface area contributed by atoms with Crippen LogP contribution in [-0.4, -0.2) is 9.13 Å². The van der Waals surface area contributed by atoms with E-state index in [1.54, 1.807) is 24.3 Å². The number of benzene rings is 1. The number of nitrogens with zero attached hydrogens (tertiary/aromatic N) is 2. The first kappa shape index (κ1) is 13.4. The Balaban J connectivity index is 2.58. The summed E-state index contributed by atoms with van der Waals surface area (Å²) >= 11 is 6.04. The van der Waals surface area contributed by atoms with Crippen molar-refractivity contribution in [3.8, 4) is 0 Å². The topological polar surface area (TPSA) is 70.0 Å². The molecule has 19 heavy (non-hydrogen) atoms. The zero-order valence-corrected chi connectivity index (χ0v) is 11.2. The van der Waals surface area contributed by atoms with E-state index in [0.717, 1.165) is 4.57 Å². The van der Waals surface area contributed by atoms with Crippen molar-refractivity contribution in [1.29, 1.82) is 0 Å². The highest BCUT2D eigenvalue weighted by atomic mass is 35.5. The molecule has 0 aliphatic carbocycles. The molecule has 1 aromatic carbocycles. The van der Waals surface area contributed by atoms with E-state index in [9.17, 15) is 9.59 Å². The van der Waals surface area contributed by atoms with Crippen LogP contribution in [0, 0.1) is 0 Å². The fraction of sp³-hybridized carbons (Fsp3) is 0.231. The van der Waals surface area contributed by atoms with Gasteiger partial charge in [-0.25, -0.2) is 4.79 Å². The fourth-order valence-corrected chi connectivity index (χ4v) is 2.03. The van der Waals surface area contributed by atoms with Crippen LogP contribution in [0.2, 0.25) is 5.02 Å². The van der Waals surface area contributed by atoms with E-state index in [4.69, 9.17) is 17.3 Å². The lowest BCUT2D eigenvalue weighted by molar-refractivity contribution is 0.603. The molecule has 0 spiro atoms. The summed E-state index contributed by atoms with van der Waals surface area (Å²) in [6.07, 6.45) is 1.37. The Morgan fingerprint density at radius 1 is 1.26 bits per heavy atom. The lowest BCUT2D eigenvalue weighted by Crippen LogP contribution is -2.40. The standard InChI is InChI=1S/C13H14ClN3O2/c1-2-16-8-11(15)12(18)17(13(16)19)7-9-5-3-4-6-10(9)14/h3-6,8H,2,7,15H2,1H3. The molecule has 0 aliphatic heterocycles. The molecule has 2 aromatic rings. The number of halogens is 1. The quantitative estimate of drug-likeness (QED) is 0.921. The lowest BCUT2D eigenvalue weighted by Gasteiger charge is -2.10. The summed E-state index contributed by atoms with van der Waals surface area (Å²) in [5.74, 6) is 0. The monoisotopic (exact) mass is 279 g/mol. The van der Waals surface area contributed by atoms with Gasteiger partial charge in [-0.1, -0.05) is 29.8 Å². The van der Waals surface area contributed by atoms with Crippen molar-refractivity contribution in [2.45, 2.75) is 20.0 Å². The molecule has 2 rings (SSSR count). The van der Waals surface area contributed by atoms with Gasteiger partial charge in [0.25, 0.3) is 5.56 Å². The molecule has 2 N–H and O–H groups in total. The van der Waals surface area contributed by atoms with Crippen LogP contribution in [-0.2, 0) is 13.1 Å². The van der Waals surface area contributed by atoms with Gasteiger partial charge in [-0.3, -0.25) is 13.9 Å². The second kappa shape index (κ2) is 5.32. The van der Waals surface area contributed by atoms with E-state index < -0.39 is 5.56 Å². The van der Waals surface area contributed by atoms with Gasteiger partial charge in [0.1, 0.15) is 5.69 Å². The number of nitrogens with two attached hydrogens (primary N) is 1. The minimum absolute atomic E-state index is 0.0495. The van der Waals surface area contributed by atoms with E-state index in [0.29, 0.717) is 17.1 Å². The smallest absolute Gasteiger partial charge is 0.331 e. The normalized spacial score (nSPS) is 10.6. The average molecular weight is 280 g/mol. The molecule has 0 unspecified atom stereocenters. The molecule has 0 aliphatic rings. The van der Waals surface area contributed by atoms with Crippen molar-refractivity contribution in [3.05, 3.63) is 61.9 Å². The predicted octanol–water partition coefficient (Wildman–Crippen LogP) is 1.31. The maximum atomic E-state index is 12.1. The first-order valence-electron chi connectivity index (χ1n) is 5.87. The molecule has 6 heteroatoms. The summed E-state index contributed by atoms with van der Waals surface area (Å²) in [4.78, 5) is 24.1. The van der Waals surface area contributed by atoms with E-state index in [2.05, 4.69) is 0 Å². The number of aryl methyl sites for hydroxylation is 1. The fourth-order valence-electron chi connectivity index (χ4n) is 1.84. The van der Waals surface area contributed by atoms with Gasteiger partial charge in [-0.15, -0.1) is 0 Å². The summed E-state index contributed by atoms with van der Waals surface area (Å²) in [6.45, 7) is 2.37. The van der Waals surface area contributed by atoms with Gasteiger partial charge < -0.3 is 5.73 Å². The van der Waals surface area contributed by atoms with E-state index in [-0.39, 0.29) is 17.9 Å². The Morgan fingerprint density at radius 3 is 2.58 bits per heavy atom. The molecule has 1 heterocycles. The van der Waals surface area contributed by atoms with Gasteiger partial charge in [-0.2, -0.15) is 0 Å². The molecule has 0 amide bonds. The predicted molar refractivity (Wildman–Crippen MR) is 75.6 cm³/mol. The minimum atomic E-state index is -0.491. The number of hydrogen-bond donors (Lipinski definition) is 1. The third-order valence-electron chi connectivity index (χ3n) is 2.89. The molecule has 0 atom stereocenters. The van der Waals surface area contributed by atoms with Crippen LogP contribution in [0.5, 0.6) is 0 Å². The third-order valence-corrected chi connectivity index (χ3v) is 3.26. The second-order valence-electron chi connectivity index (χ2n) is 4.14. The molecule has 0 bridgehead atoms. The molecule has 0 saturated carbocycles. The zero-order valence-electron chi connectivity index (χ0n) is 10.5. The van der Waals surface area contributed by atoms with Crippen molar-refractivity contribution in [1.82, 2.24) is 9.13 Å². The molecule has 0 fully saturated rings. The Hall–Kier alpha value is -2.01. The van der Waals surface area contributed by atoms with Crippen molar-refractivity contribution in [2.24, 2.45) is 0 Å². The Bertz CT molecular complexity index is 719. The summed E-state index contributed by atoms with van der Waals surface area (Å²) < 4.78 is 2.49. The van der Waals surface area contributed by atoms with Gasteiger partial charge in [-0.05, 0) is 18.6 Å². The molecule has 1 aromatic heterocycles.